The van der Waals surface area contributed by atoms with Crippen LogP contribution in [-0.4, -0.2) is 112 Å². The quantitative estimate of drug-likeness (QED) is 0.0518. The van der Waals surface area contributed by atoms with Crippen LogP contribution in [0.2, 0.25) is 5.02 Å². The van der Waals surface area contributed by atoms with Crippen LogP contribution in [0.15, 0.2) is 131 Å². The molecule has 0 saturated carbocycles. The van der Waals surface area contributed by atoms with Crippen LogP contribution >= 0.6 is 23.4 Å². The summed E-state index contributed by atoms with van der Waals surface area (Å²) in [7, 11) is 0.740. The lowest BCUT2D eigenvalue weighted by atomic mass is 9.99. The molecule has 5 aromatic rings. The topological polar surface area (TPSA) is 148 Å². The van der Waals surface area contributed by atoms with Gasteiger partial charge in [0.1, 0.15) is 5.69 Å². The average Bonchev–Trinajstić information content (AvgIpc) is 3.25. The Morgan fingerprint density at radius 2 is 1.54 bits per heavy atom. The molecule has 2 N–H and O–H groups in total. The predicted octanol–water partition coefficient (Wildman–Crippen LogP) is 7.34. The van der Waals surface area contributed by atoms with Crippen LogP contribution in [0.1, 0.15) is 22.3 Å². The maximum Gasteiger partial charge on any atom is 0.293 e. The molecule has 320 valence electrons. The zero-order chi connectivity index (χ0) is 43.5. The van der Waals surface area contributed by atoms with Crippen molar-refractivity contribution >= 4 is 62.3 Å². The van der Waals surface area contributed by atoms with Gasteiger partial charge in [0, 0.05) is 92.4 Å². The molecule has 0 aliphatic carbocycles. The Morgan fingerprint density at radius 3 is 2.21 bits per heavy atom. The van der Waals surface area contributed by atoms with E-state index in [0.717, 1.165) is 54.9 Å². The van der Waals surface area contributed by atoms with E-state index in [1.54, 1.807) is 50.1 Å². The number of likely N-dealkylation sites (N-methyl/N-ethyl adjacent to an activating group) is 2. The fourth-order valence-corrected chi connectivity index (χ4v) is 9.06. The van der Waals surface area contributed by atoms with Crippen molar-refractivity contribution in [3.63, 3.8) is 0 Å². The van der Waals surface area contributed by atoms with Crippen molar-refractivity contribution in [2.24, 2.45) is 0 Å². The number of carbonyl (C=O) groups excluding carboxylic acids is 2. The second-order valence-electron chi connectivity index (χ2n) is 15.1. The van der Waals surface area contributed by atoms with E-state index in [1.165, 1.54) is 28.2 Å². The molecule has 0 spiro atoms. The predicted molar refractivity (Wildman–Crippen MR) is 244 cm³/mol. The van der Waals surface area contributed by atoms with Crippen LogP contribution < -0.4 is 14.9 Å². The van der Waals surface area contributed by atoms with E-state index < -0.39 is 31.4 Å². The van der Waals surface area contributed by atoms with Gasteiger partial charge in [-0.25, -0.2) is 13.1 Å². The summed E-state index contributed by atoms with van der Waals surface area (Å²) in [6.07, 6.45) is 0.542. The van der Waals surface area contributed by atoms with Gasteiger partial charge in [-0.1, -0.05) is 66.2 Å². The number of sulfonamides is 1. The van der Waals surface area contributed by atoms with E-state index in [0.29, 0.717) is 23.7 Å². The largest absolute Gasteiger partial charge is 0.376 e. The lowest BCUT2D eigenvalue weighted by Crippen LogP contribution is -2.46. The number of hydrogen-bond acceptors (Lipinski definition) is 11. The van der Waals surface area contributed by atoms with Crippen molar-refractivity contribution in [2.45, 2.75) is 28.8 Å². The fourth-order valence-electron chi connectivity index (χ4n) is 6.95. The minimum absolute atomic E-state index is 0.0445. The Labute approximate surface area is 366 Å². The number of piperazine rings is 1. The van der Waals surface area contributed by atoms with E-state index in [1.807, 2.05) is 72.6 Å². The number of rotatable bonds is 18. The first kappa shape index (κ1) is 45.1. The van der Waals surface area contributed by atoms with E-state index in [2.05, 4.69) is 38.0 Å². The van der Waals surface area contributed by atoms with E-state index in [4.69, 9.17) is 11.6 Å². The molecule has 0 radical (unpaired) electrons. The average molecular weight is 885 g/mol. The van der Waals surface area contributed by atoms with Gasteiger partial charge >= 0.3 is 0 Å². The van der Waals surface area contributed by atoms with Gasteiger partial charge in [0.2, 0.25) is 5.91 Å². The van der Waals surface area contributed by atoms with Crippen LogP contribution in [-0.2, 0) is 21.4 Å². The third-order valence-electron chi connectivity index (χ3n) is 10.5. The van der Waals surface area contributed by atoms with Crippen LogP contribution in [0.4, 0.5) is 17.1 Å². The first-order valence-electron chi connectivity index (χ1n) is 19.9. The number of halogens is 1. The first-order valence-corrected chi connectivity index (χ1v) is 22.7. The molecule has 1 saturated heterocycles. The molecule has 13 nitrogen and oxygen atoms in total. The van der Waals surface area contributed by atoms with Gasteiger partial charge in [-0.2, -0.15) is 0 Å². The number of thioether (sulfide) groups is 1. The number of nitrogens with zero attached hydrogens (tertiary/aromatic N) is 5. The normalized spacial score (nSPS) is 13.8. The molecule has 2 amide bonds. The maximum atomic E-state index is 13.5. The summed E-state index contributed by atoms with van der Waals surface area (Å²) in [5.41, 5.74) is 4.26. The SMILES string of the molecule is CN(CC[C@H](CSc1ccccc1)Nc1ccc(S(=O)(=O)NC(=O)c2ccc(N3CCN(Cc4ccccc4-c4ccc(Cl)cc4)CC3)cc2)cc1[N+](=O)[O-])CC(=O)N(C)C. The molecular weight excluding hydrogens is 834 g/mol. The van der Waals surface area contributed by atoms with Gasteiger partial charge in [-0.3, -0.25) is 29.5 Å². The monoisotopic (exact) mass is 883 g/mol. The van der Waals surface area contributed by atoms with Gasteiger partial charge < -0.3 is 15.1 Å². The third kappa shape index (κ3) is 12.6. The zero-order valence-electron chi connectivity index (χ0n) is 34.4. The molecule has 1 aliphatic heterocycles. The molecule has 1 fully saturated rings. The van der Waals surface area contributed by atoms with Crippen molar-refractivity contribution in [1.82, 2.24) is 19.4 Å². The summed E-state index contributed by atoms with van der Waals surface area (Å²) >= 11 is 7.70. The molecule has 0 unspecified atom stereocenters. The summed E-state index contributed by atoms with van der Waals surface area (Å²) in [6.45, 7) is 4.76. The first-order chi connectivity index (χ1) is 29.3. The van der Waals surface area contributed by atoms with Crippen molar-refractivity contribution in [3.8, 4) is 11.1 Å². The van der Waals surface area contributed by atoms with Gasteiger partial charge in [0.05, 0.1) is 16.4 Å². The highest BCUT2D eigenvalue weighted by molar-refractivity contribution is 7.99. The minimum atomic E-state index is -4.48. The van der Waals surface area contributed by atoms with Gasteiger partial charge in [0.15, 0.2) is 0 Å². The second kappa shape index (κ2) is 20.9. The number of benzene rings is 5. The molecule has 61 heavy (non-hydrogen) atoms. The van der Waals surface area contributed by atoms with Crippen LogP contribution in [0.25, 0.3) is 11.1 Å². The molecular formula is C45H50ClN7O6S2. The number of amides is 2. The van der Waals surface area contributed by atoms with Crippen LogP contribution in [0.5, 0.6) is 0 Å². The minimum Gasteiger partial charge on any atom is -0.376 e. The fraction of sp³-hybridized carbons (Fsp3) is 0.289. The van der Waals surface area contributed by atoms with Crippen molar-refractivity contribution in [2.75, 3.05) is 76.4 Å². The van der Waals surface area contributed by atoms with Gasteiger partial charge in [-0.05, 0) is 90.8 Å². The second-order valence-corrected chi connectivity index (χ2v) is 18.3. The number of anilines is 2. The molecule has 0 aromatic heterocycles. The Morgan fingerprint density at radius 1 is 0.869 bits per heavy atom. The summed E-state index contributed by atoms with van der Waals surface area (Å²) in [4.78, 5) is 45.8. The zero-order valence-corrected chi connectivity index (χ0v) is 36.8. The van der Waals surface area contributed by atoms with Crippen molar-refractivity contribution < 1.29 is 22.9 Å². The number of nitro groups is 1. The number of carbonyl (C=O) groups is 2. The maximum absolute atomic E-state index is 13.5. The third-order valence-corrected chi connectivity index (χ3v) is 13.2. The molecule has 16 heteroatoms. The standard InChI is InChI=1S/C45H50ClN7O6S2/c1-49(2)44(54)31-50(3)24-23-37(32-60-39-10-5-4-6-11-39)47-42-22-21-40(29-43(42)53(56)57)61(58,59)48-45(55)34-15-19-38(20-16-34)52-27-25-51(26-28-52)30-35-9-7-8-12-41(35)33-13-17-36(46)18-14-33/h4-22,29,37,47H,23-28,30-32H2,1-3H3,(H,48,55)/t37-/m1/s1. The Balaban J connectivity index is 1.07. The summed E-state index contributed by atoms with van der Waals surface area (Å²) in [5.74, 6) is -0.352. The highest BCUT2D eigenvalue weighted by Gasteiger charge is 2.26. The Bertz CT molecular complexity index is 2400. The summed E-state index contributed by atoms with van der Waals surface area (Å²) < 4.78 is 29.0. The number of nitrogens with one attached hydrogen (secondary N) is 2. The number of hydrogen-bond donors (Lipinski definition) is 2. The van der Waals surface area contributed by atoms with Crippen LogP contribution in [0.3, 0.4) is 0 Å². The number of nitro benzene ring substituents is 1. The van der Waals surface area contributed by atoms with Gasteiger partial charge in [0.25, 0.3) is 21.6 Å². The van der Waals surface area contributed by atoms with E-state index >= 15 is 0 Å². The van der Waals surface area contributed by atoms with Crippen molar-refractivity contribution in [3.05, 3.63) is 148 Å². The Kier molecular flexibility index (Phi) is 15.4. The molecule has 6 rings (SSSR count). The lowest BCUT2D eigenvalue weighted by molar-refractivity contribution is -0.384. The highest BCUT2D eigenvalue weighted by Crippen LogP contribution is 2.31. The Hall–Kier alpha value is -5.45. The van der Waals surface area contributed by atoms with E-state index in [-0.39, 0.29) is 29.7 Å². The molecule has 1 heterocycles. The smallest absolute Gasteiger partial charge is 0.293 e. The molecule has 0 bridgehead atoms. The van der Waals surface area contributed by atoms with E-state index in [9.17, 15) is 28.1 Å². The van der Waals surface area contributed by atoms with Gasteiger partial charge in [-0.15, -0.1) is 11.8 Å². The molecule has 1 aliphatic rings. The molecule has 1 atom stereocenters. The summed E-state index contributed by atoms with van der Waals surface area (Å²) in [5, 5.41) is 16.3. The van der Waals surface area contributed by atoms with Crippen LogP contribution in [0, 0.1) is 10.1 Å². The highest BCUT2D eigenvalue weighted by atomic mass is 35.5. The lowest BCUT2D eigenvalue weighted by Gasteiger charge is -2.36. The van der Waals surface area contributed by atoms with Crippen molar-refractivity contribution in [1.29, 1.82) is 0 Å². The molecule has 5 aromatic carbocycles. The summed E-state index contributed by atoms with van der Waals surface area (Å²) in [6, 6.07) is 36.0.